The largest absolute Gasteiger partial charge is 0.573 e. The van der Waals surface area contributed by atoms with Gasteiger partial charge in [-0.1, -0.05) is 24.3 Å². The summed E-state index contributed by atoms with van der Waals surface area (Å²) in [4.78, 5) is 15.4. The standard InChI is InChI=1S/C17H10F3NO3S/c18-17(19,20)24-13-6-2-3-10(8-13)14-9-25-15(21-14)11-4-1-5-12(7-11)16(22)23/h1-9H,(H,22,23). The van der Waals surface area contributed by atoms with Crippen LogP contribution in [0.25, 0.3) is 21.8 Å². The number of benzene rings is 2. The van der Waals surface area contributed by atoms with E-state index < -0.39 is 12.3 Å². The van der Waals surface area contributed by atoms with E-state index in [4.69, 9.17) is 5.11 Å². The second-order valence-electron chi connectivity index (χ2n) is 5.00. The Kier molecular flexibility index (Phi) is 4.45. The van der Waals surface area contributed by atoms with Crippen LogP contribution >= 0.6 is 11.3 Å². The van der Waals surface area contributed by atoms with Gasteiger partial charge in [-0.3, -0.25) is 0 Å². The smallest absolute Gasteiger partial charge is 0.478 e. The van der Waals surface area contributed by atoms with Crippen LogP contribution < -0.4 is 4.74 Å². The highest BCUT2D eigenvalue weighted by molar-refractivity contribution is 7.13. The van der Waals surface area contributed by atoms with Gasteiger partial charge in [0.2, 0.25) is 0 Å². The maximum atomic E-state index is 12.3. The number of carboxylic acid groups (broad SMARTS) is 1. The van der Waals surface area contributed by atoms with Crippen molar-refractivity contribution in [2.75, 3.05) is 0 Å². The van der Waals surface area contributed by atoms with Gasteiger partial charge in [-0.05, 0) is 24.3 Å². The van der Waals surface area contributed by atoms with Gasteiger partial charge >= 0.3 is 12.3 Å². The third-order valence-electron chi connectivity index (χ3n) is 3.22. The van der Waals surface area contributed by atoms with E-state index in [1.807, 2.05) is 0 Å². The van der Waals surface area contributed by atoms with Crippen molar-refractivity contribution in [3.05, 3.63) is 59.5 Å². The molecule has 0 unspecified atom stereocenters. The number of hydrogen-bond donors (Lipinski definition) is 1. The molecule has 0 saturated carbocycles. The van der Waals surface area contributed by atoms with Crippen LogP contribution in [0.2, 0.25) is 0 Å². The van der Waals surface area contributed by atoms with Crippen LogP contribution in [-0.4, -0.2) is 22.4 Å². The quantitative estimate of drug-likeness (QED) is 0.701. The number of carbonyl (C=O) groups is 1. The predicted octanol–water partition coefficient (Wildman–Crippen LogP) is 5.07. The monoisotopic (exact) mass is 365 g/mol. The fraction of sp³-hybridized carbons (Fsp3) is 0.0588. The molecule has 0 saturated heterocycles. The van der Waals surface area contributed by atoms with Crippen molar-refractivity contribution in [1.29, 1.82) is 0 Å². The van der Waals surface area contributed by atoms with E-state index in [0.29, 0.717) is 21.8 Å². The predicted molar refractivity (Wildman–Crippen MR) is 86.6 cm³/mol. The summed E-state index contributed by atoms with van der Waals surface area (Å²) in [5, 5.41) is 11.3. The van der Waals surface area contributed by atoms with Crippen molar-refractivity contribution < 1.29 is 27.8 Å². The summed E-state index contributed by atoms with van der Waals surface area (Å²) in [5.41, 5.74) is 1.71. The van der Waals surface area contributed by atoms with Gasteiger partial charge in [-0.15, -0.1) is 24.5 Å². The van der Waals surface area contributed by atoms with Crippen LogP contribution in [0, 0.1) is 0 Å². The first-order chi connectivity index (χ1) is 11.8. The topological polar surface area (TPSA) is 59.4 Å². The van der Waals surface area contributed by atoms with Crippen LogP contribution in [-0.2, 0) is 0 Å². The molecule has 2 aromatic carbocycles. The lowest BCUT2D eigenvalue weighted by Crippen LogP contribution is -2.17. The minimum Gasteiger partial charge on any atom is -0.478 e. The molecule has 0 spiro atoms. The fourth-order valence-electron chi connectivity index (χ4n) is 2.18. The van der Waals surface area contributed by atoms with Gasteiger partial charge in [0, 0.05) is 16.5 Å². The van der Waals surface area contributed by atoms with Crippen LogP contribution in [0.15, 0.2) is 53.9 Å². The first kappa shape index (κ1) is 17.0. The van der Waals surface area contributed by atoms with E-state index >= 15 is 0 Å². The molecule has 25 heavy (non-hydrogen) atoms. The number of rotatable bonds is 4. The van der Waals surface area contributed by atoms with E-state index in [-0.39, 0.29) is 11.3 Å². The minimum atomic E-state index is -4.76. The SMILES string of the molecule is O=C(O)c1cccc(-c2nc(-c3cccc(OC(F)(F)F)c3)cs2)c1. The molecule has 4 nitrogen and oxygen atoms in total. The lowest BCUT2D eigenvalue weighted by atomic mass is 10.1. The average molecular weight is 365 g/mol. The molecule has 0 fully saturated rings. The summed E-state index contributed by atoms with van der Waals surface area (Å²) >= 11 is 1.27. The van der Waals surface area contributed by atoms with Crippen molar-refractivity contribution in [2.24, 2.45) is 0 Å². The number of hydrogen-bond acceptors (Lipinski definition) is 4. The second kappa shape index (κ2) is 6.56. The highest BCUT2D eigenvalue weighted by Gasteiger charge is 2.31. The van der Waals surface area contributed by atoms with E-state index in [2.05, 4.69) is 9.72 Å². The van der Waals surface area contributed by atoms with Crippen molar-refractivity contribution in [1.82, 2.24) is 4.98 Å². The van der Waals surface area contributed by atoms with Crippen molar-refractivity contribution in [3.63, 3.8) is 0 Å². The number of aromatic nitrogens is 1. The van der Waals surface area contributed by atoms with E-state index in [1.165, 1.54) is 41.7 Å². The van der Waals surface area contributed by atoms with Gasteiger partial charge in [0.1, 0.15) is 10.8 Å². The zero-order chi connectivity index (χ0) is 18.0. The number of thiazole rings is 1. The maximum absolute atomic E-state index is 12.3. The summed E-state index contributed by atoms with van der Waals surface area (Å²) in [5.74, 6) is -1.37. The molecule has 0 bridgehead atoms. The lowest BCUT2D eigenvalue weighted by molar-refractivity contribution is -0.274. The molecule has 128 valence electrons. The Morgan fingerprint density at radius 3 is 2.52 bits per heavy atom. The summed E-state index contributed by atoms with van der Waals surface area (Å²) in [6.07, 6.45) is -4.76. The third kappa shape index (κ3) is 4.16. The summed E-state index contributed by atoms with van der Waals surface area (Å²) in [6, 6.07) is 11.8. The number of alkyl halides is 3. The van der Waals surface area contributed by atoms with Gasteiger partial charge in [0.05, 0.1) is 11.3 Å². The molecule has 8 heteroatoms. The third-order valence-corrected chi connectivity index (χ3v) is 4.12. The van der Waals surface area contributed by atoms with Crippen molar-refractivity contribution >= 4 is 17.3 Å². The Hall–Kier alpha value is -2.87. The zero-order valence-corrected chi connectivity index (χ0v) is 13.3. The molecule has 0 aliphatic carbocycles. The Bertz CT molecular complexity index is 921. The van der Waals surface area contributed by atoms with Crippen LogP contribution in [0.5, 0.6) is 5.75 Å². The van der Waals surface area contributed by atoms with Gasteiger partial charge in [-0.25, -0.2) is 9.78 Å². The zero-order valence-electron chi connectivity index (χ0n) is 12.4. The first-order valence-corrected chi connectivity index (χ1v) is 7.85. The van der Waals surface area contributed by atoms with Gasteiger partial charge in [0.25, 0.3) is 0 Å². The van der Waals surface area contributed by atoms with Crippen molar-refractivity contribution in [3.8, 4) is 27.6 Å². The lowest BCUT2D eigenvalue weighted by Gasteiger charge is -2.09. The van der Waals surface area contributed by atoms with E-state index in [0.717, 1.165) is 0 Å². The minimum absolute atomic E-state index is 0.134. The maximum Gasteiger partial charge on any atom is 0.573 e. The number of aromatic carboxylic acids is 1. The van der Waals surface area contributed by atoms with Crippen LogP contribution in [0.1, 0.15) is 10.4 Å². The molecule has 3 aromatic rings. The summed E-state index contributed by atoms with van der Waals surface area (Å²) in [6.45, 7) is 0. The summed E-state index contributed by atoms with van der Waals surface area (Å²) < 4.78 is 40.9. The molecule has 3 rings (SSSR count). The normalized spacial score (nSPS) is 11.3. The Morgan fingerprint density at radius 2 is 1.80 bits per heavy atom. The summed E-state index contributed by atoms with van der Waals surface area (Å²) in [7, 11) is 0. The number of halogens is 3. The van der Waals surface area contributed by atoms with E-state index in [9.17, 15) is 18.0 Å². The molecule has 1 aromatic heterocycles. The number of ether oxygens (including phenoxy) is 1. The van der Waals surface area contributed by atoms with Gasteiger partial charge < -0.3 is 9.84 Å². The van der Waals surface area contributed by atoms with Crippen molar-refractivity contribution in [2.45, 2.75) is 6.36 Å². The number of nitrogens with zero attached hydrogens (tertiary/aromatic N) is 1. The molecule has 1 heterocycles. The Balaban J connectivity index is 1.90. The number of carboxylic acids is 1. The first-order valence-electron chi connectivity index (χ1n) is 6.97. The highest BCUT2D eigenvalue weighted by Crippen LogP contribution is 2.32. The molecule has 0 atom stereocenters. The Morgan fingerprint density at radius 1 is 1.08 bits per heavy atom. The van der Waals surface area contributed by atoms with Gasteiger partial charge in [0.15, 0.2) is 0 Å². The van der Waals surface area contributed by atoms with E-state index in [1.54, 1.807) is 23.6 Å². The Labute approximate surface area is 144 Å². The second-order valence-corrected chi connectivity index (χ2v) is 5.86. The molecule has 1 N–H and O–H groups in total. The fourth-order valence-corrected chi connectivity index (χ4v) is 3.00. The van der Waals surface area contributed by atoms with Gasteiger partial charge in [-0.2, -0.15) is 0 Å². The molecular formula is C17H10F3NO3S. The molecule has 0 aliphatic rings. The van der Waals surface area contributed by atoms with Crippen LogP contribution in [0.3, 0.4) is 0 Å². The molecule has 0 radical (unpaired) electrons. The molecule has 0 aliphatic heterocycles. The van der Waals surface area contributed by atoms with Crippen LogP contribution in [0.4, 0.5) is 13.2 Å². The highest BCUT2D eigenvalue weighted by atomic mass is 32.1. The average Bonchev–Trinajstić information content (AvgIpc) is 3.03. The molecule has 0 amide bonds. The molecular weight excluding hydrogens is 355 g/mol.